The molecule has 4 rings (SSSR count). The number of carboxylic acids is 1. The summed E-state index contributed by atoms with van der Waals surface area (Å²) >= 11 is 0. The number of amides is 2. The first kappa shape index (κ1) is 26.9. The summed E-state index contributed by atoms with van der Waals surface area (Å²) in [5.74, 6) is -3.07. The highest BCUT2D eigenvalue weighted by molar-refractivity contribution is 5.99. The van der Waals surface area contributed by atoms with Gasteiger partial charge in [-0.3, -0.25) is 14.4 Å². The topological polar surface area (TPSA) is 178 Å². The Labute approximate surface area is 216 Å². The maximum atomic E-state index is 15.7. The Kier molecular flexibility index (Phi) is 7.80. The van der Waals surface area contributed by atoms with Gasteiger partial charge in [-0.2, -0.15) is 0 Å². The van der Waals surface area contributed by atoms with Gasteiger partial charge in [0.1, 0.15) is 18.4 Å². The van der Waals surface area contributed by atoms with Crippen LogP contribution in [-0.4, -0.2) is 79.6 Å². The Balaban J connectivity index is 1.75. The van der Waals surface area contributed by atoms with Gasteiger partial charge in [-0.1, -0.05) is 5.16 Å². The van der Waals surface area contributed by atoms with Crippen LogP contribution in [0.3, 0.4) is 0 Å². The second-order valence-corrected chi connectivity index (χ2v) is 9.01. The van der Waals surface area contributed by atoms with E-state index in [2.05, 4.69) is 15.8 Å². The van der Waals surface area contributed by atoms with Crippen molar-refractivity contribution in [2.45, 2.75) is 31.3 Å². The second-order valence-electron chi connectivity index (χ2n) is 9.01. The number of carboxylic acid groups (broad SMARTS) is 1. The summed E-state index contributed by atoms with van der Waals surface area (Å²) in [7, 11) is 2.72. The highest BCUT2D eigenvalue weighted by atomic mass is 19.1. The van der Waals surface area contributed by atoms with Crippen molar-refractivity contribution in [3.63, 3.8) is 0 Å². The van der Waals surface area contributed by atoms with Gasteiger partial charge in [0, 0.05) is 31.7 Å². The molecule has 1 saturated heterocycles. The lowest BCUT2D eigenvalue weighted by Crippen LogP contribution is -2.55. The maximum Gasteiger partial charge on any atom is 0.341 e. The fraction of sp³-hybridized carbons (Fsp3) is 0.458. The van der Waals surface area contributed by atoms with E-state index in [0.717, 1.165) is 18.9 Å². The number of halogens is 1. The Bertz CT molecular complexity index is 1370. The van der Waals surface area contributed by atoms with Crippen molar-refractivity contribution < 1.29 is 33.5 Å². The molecule has 0 bridgehead atoms. The molecule has 2 fully saturated rings. The second kappa shape index (κ2) is 11.0. The molecule has 0 radical (unpaired) electrons. The van der Waals surface area contributed by atoms with Gasteiger partial charge in [-0.15, -0.1) is 0 Å². The molecule has 1 aliphatic heterocycles. The smallest absolute Gasteiger partial charge is 0.341 e. The SMILES string of the molecule is CO/N=C1\CCN(c2c(F)cc3c(=O)c(C(=O)O)cn(C4CC4)c3c2OC)CC1NC(=O)CNC(=O)CN. The largest absolute Gasteiger partial charge is 0.492 e. The summed E-state index contributed by atoms with van der Waals surface area (Å²) in [6.07, 6.45) is 3.15. The number of aromatic carboxylic acids is 1. The van der Waals surface area contributed by atoms with Crippen molar-refractivity contribution in [3.05, 3.63) is 33.9 Å². The third-order valence-corrected chi connectivity index (χ3v) is 6.51. The van der Waals surface area contributed by atoms with Gasteiger partial charge in [0.2, 0.25) is 17.2 Å². The van der Waals surface area contributed by atoms with E-state index in [9.17, 15) is 24.3 Å². The molecule has 2 aromatic rings. The van der Waals surface area contributed by atoms with E-state index in [0.29, 0.717) is 17.6 Å². The minimum atomic E-state index is -1.39. The number of carbonyl (C=O) groups excluding carboxylic acids is 2. The highest BCUT2D eigenvalue weighted by Gasteiger charge is 2.34. The summed E-state index contributed by atoms with van der Waals surface area (Å²) in [5.41, 5.74) is 4.90. The zero-order chi connectivity index (χ0) is 27.6. The van der Waals surface area contributed by atoms with Gasteiger partial charge in [0.05, 0.1) is 42.9 Å². The normalized spacial score (nSPS) is 18.4. The van der Waals surface area contributed by atoms with Crippen LogP contribution in [0.1, 0.15) is 35.7 Å². The number of hydrogen-bond donors (Lipinski definition) is 4. The average molecular weight is 533 g/mol. The van der Waals surface area contributed by atoms with Crippen LogP contribution in [0.4, 0.5) is 10.1 Å². The molecular weight excluding hydrogens is 503 g/mol. The quantitative estimate of drug-likeness (QED) is 0.323. The number of nitrogens with zero attached hydrogens (tertiary/aromatic N) is 3. The number of ether oxygens (including phenoxy) is 1. The lowest BCUT2D eigenvalue weighted by molar-refractivity contribution is -0.125. The van der Waals surface area contributed by atoms with Crippen LogP contribution in [0.15, 0.2) is 22.2 Å². The van der Waals surface area contributed by atoms with Crippen LogP contribution in [-0.2, 0) is 14.4 Å². The molecule has 2 heterocycles. The number of pyridine rings is 1. The fourth-order valence-corrected chi connectivity index (χ4v) is 4.62. The predicted molar refractivity (Wildman–Crippen MR) is 135 cm³/mol. The Morgan fingerprint density at radius 1 is 1.26 bits per heavy atom. The van der Waals surface area contributed by atoms with E-state index >= 15 is 4.39 Å². The number of methoxy groups -OCH3 is 1. The first-order chi connectivity index (χ1) is 18.2. The van der Waals surface area contributed by atoms with E-state index in [4.69, 9.17) is 15.3 Å². The van der Waals surface area contributed by atoms with Crippen molar-refractivity contribution in [3.8, 4) is 5.75 Å². The number of aromatic nitrogens is 1. The Morgan fingerprint density at radius 3 is 2.61 bits per heavy atom. The lowest BCUT2D eigenvalue weighted by atomic mass is 10.0. The van der Waals surface area contributed by atoms with Gasteiger partial charge in [0.15, 0.2) is 11.6 Å². The molecule has 1 unspecified atom stereocenters. The van der Waals surface area contributed by atoms with Crippen LogP contribution in [0.25, 0.3) is 10.9 Å². The van der Waals surface area contributed by atoms with Crippen LogP contribution < -0.4 is 31.4 Å². The number of rotatable bonds is 9. The van der Waals surface area contributed by atoms with Gasteiger partial charge in [-0.25, -0.2) is 9.18 Å². The van der Waals surface area contributed by atoms with Crippen LogP contribution in [0.5, 0.6) is 5.75 Å². The van der Waals surface area contributed by atoms with Crippen molar-refractivity contribution >= 4 is 40.1 Å². The minimum absolute atomic E-state index is 0.0408. The number of carbonyl (C=O) groups is 3. The number of nitrogens with one attached hydrogen (secondary N) is 2. The molecule has 0 spiro atoms. The van der Waals surface area contributed by atoms with Gasteiger partial charge >= 0.3 is 5.97 Å². The van der Waals surface area contributed by atoms with Crippen LogP contribution in [0.2, 0.25) is 0 Å². The summed E-state index contributed by atoms with van der Waals surface area (Å²) in [6, 6.07) is 0.307. The summed E-state index contributed by atoms with van der Waals surface area (Å²) in [6.45, 7) is -0.196. The molecule has 2 amide bonds. The Morgan fingerprint density at radius 2 is 2.00 bits per heavy atom. The summed E-state index contributed by atoms with van der Waals surface area (Å²) in [4.78, 5) is 55.1. The molecule has 1 aliphatic carbocycles. The lowest BCUT2D eigenvalue weighted by Gasteiger charge is -2.36. The van der Waals surface area contributed by atoms with E-state index in [-0.39, 0.29) is 49.0 Å². The molecule has 1 atom stereocenters. The molecule has 38 heavy (non-hydrogen) atoms. The standard InChI is InChI=1S/C24H29FN6O7/c1-37-23-20-13(22(34)14(24(35)36)10-31(20)12-3-4-12)7-15(25)21(23)30-6-5-16(29-38-2)17(11-30)28-19(33)9-27-18(32)8-26/h7,10,12,17H,3-6,8-9,11,26H2,1-2H3,(H,27,32)(H,28,33)(H,35,36)/b29-16+. The molecule has 1 saturated carbocycles. The summed E-state index contributed by atoms with van der Waals surface area (Å²) in [5, 5.41) is 18.6. The first-order valence-electron chi connectivity index (χ1n) is 12.0. The third-order valence-electron chi connectivity index (χ3n) is 6.51. The molecule has 204 valence electrons. The predicted octanol–water partition coefficient (Wildman–Crippen LogP) is -0.0455. The molecular formula is C24H29FN6O7. The number of fused-ring (bicyclic) bond motifs is 1. The van der Waals surface area contributed by atoms with Gasteiger partial charge in [0.25, 0.3) is 0 Å². The van der Waals surface area contributed by atoms with Crippen molar-refractivity contribution in [2.24, 2.45) is 10.9 Å². The van der Waals surface area contributed by atoms with Crippen molar-refractivity contribution in [1.82, 2.24) is 15.2 Å². The molecule has 5 N–H and O–H groups in total. The average Bonchev–Trinajstić information content (AvgIpc) is 3.73. The number of hydrogen-bond acceptors (Lipinski definition) is 9. The number of nitrogens with two attached hydrogens (primary N) is 1. The zero-order valence-electron chi connectivity index (χ0n) is 21.0. The van der Waals surface area contributed by atoms with Crippen LogP contribution >= 0.6 is 0 Å². The minimum Gasteiger partial charge on any atom is -0.492 e. The monoisotopic (exact) mass is 532 g/mol. The molecule has 2 aliphatic rings. The Hall–Kier alpha value is -4.20. The highest BCUT2D eigenvalue weighted by Crippen LogP contribution is 2.44. The number of anilines is 1. The first-order valence-corrected chi connectivity index (χ1v) is 12.0. The van der Waals surface area contributed by atoms with E-state index < -0.39 is 40.6 Å². The molecule has 1 aromatic heterocycles. The molecule has 1 aromatic carbocycles. The number of oxime groups is 1. The molecule has 13 nitrogen and oxygen atoms in total. The van der Waals surface area contributed by atoms with E-state index in [1.807, 2.05) is 0 Å². The maximum absolute atomic E-state index is 15.7. The van der Waals surface area contributed by atoms with Gasteiger partial charge in [-0.05, 0) is 18.9 Å². The van der Waals surface area contributed by atoms with Crippen molar-refractivity contribution in [1.29, 1.82) is 0 Å². The third kappa shape index (κ3) is 5.25. The fourth-order valence-electron chi connectivity index (χ4n) is 4.62. The number of benzene rings is 1. The van der Waals surface area contributed by atoms with E-state index in [1.165, 1.54) is 20.4 Å². The molecule has 14 heteroatoms. The van der Waals surface area contributed by atoms with Crippen molar-refractivity contribution in [2.75, 3.05) is 45.3 Å². The number of piperidine rings is 1. The summed E-state index contributed by atoms with van der Waals surface area (Å²) < 4.78 is 23.0. The van der Waals surface area contributed by atoms with Crippen LogP contribution in [0, 0.1) is 5.82 Å². The van der Waals surface area contributed by atoms with E-state index in [1.54, 1.807) is 9.47 Å². The zero-order valence-corrected chi connectivity index (χ0v) is 21.0. The van der Waals surface area contributed by atoms with Gasteiger partial charge < -0.3 is 40.5 Å².